The minimum absolute atomic E-state index is 0.159. The number of pyridine rings is 2. The van der Waals surface area contributed by atoms with Crippen LogP contribution in [0, 0.1) is 5.92 Å². The van der Waals surface area contributed by atoms with Crippen LogP contribution in [0.5, 0.6) is 0 Å². The van der Waals surface area contributed by atoms with Crippen LogP contribution in [0.25, 0.3) is 12.2 Å². The summed E-state index contributed by atoms with van der Waals surface area (Å²) in [5.74, 6) is 0.630. The smallest absolute Gasteiger partial charge is 0.185 e. The molecule has 0 saturated heterocycles. The molecular formula is C19H18N2O. The van der Waals surface area contributed by atoms with Gasteiger partial charge in [-0.25, -0.2) is 0 Å². The first-order valence-electron chi connectivity index (χ1n) is 7.48. The fraction of sp³-hybridized carbons (Fsp3) is 0.211. The van der Waals surface area contributed by atoms with E-state index in [1.54, 1.807) is 24.8 Å². The molecule has 1 aliphatic carbocycles. The lowest BCUT2D eigenvalue weighted by Gasteiger charge is -2.22. The maximum Gasteiger partial charge on any atom is 0.185 e. The number of carbonyl (C=O) groups excluding carboxylic acids is 1. The Hall–Kier alpha value is -2.55. The minimum atomic E-state index is 0.159. The van der Waals surface area contributed by atoms with Gasteiger partial charge in [-0.05, 0) is 66.3 Å². The summed E-state index contributed by atoms with van der Waals surface area (Å²) in [6, 6.07) is 7.69. The molecule has 3 nitrogen and oxygen atoms in total. The van der Waals surface area contributed by atoms with E-state index in [9.17, 15) is 4.79 Å². The van der Waals surface area contributed by atoms with Crippen LogP contribution in [0.4, 0.5) is 0 Å². The number of Topliss-reactive ketones (excluding diaryl/α,β-unsaturated/α-hetero) is 1. The summed E-state index contributed by atoms with van der Waals surface area (Å²) in [6.07, 6.45) is 12.6. The zero-order valence-corrected chi connectivity index (χ0v) is 12.6. The molecule has 22 heavy (non-hydrogen) atoms. The van der Waals surface area contributed by atoms with Crippen molar-refractivity contribution >= 4 is 17.9 Å². The summed E-state index contributed by atoms with van der Waals surface area (Å²) in [7, 11) is 0. The first-order chi connectivity index (χ1) is 10.7. The number of hydrogen-bond donors (Lipinski definition) is 0. The molecular weight excluding hydrogens is 272 g/mol. The predicted molar refractivity (Wildman–Crippen MR) is 87.8 cm³/mol. The molecule has 1 fully saturated rings. The van der Waals surface area contributed by atoms with Crippen molar-refractivity contribution < 1.29 is 4.79 Å². The van der Waals surface area contributed by atoms with Crippen molar-refractivity contribution in [3.8, 4) is 0 Å². The molecule has 0 N–H and O–H groups in total. The zero-order valence-electron chi connectivity index (χ0n) is 12.6. The summed E-state index contributed by atoms with van der Waals surface area (Å²) in [5.41, 5.74) is 3.81. The van der Waals surface area contributed by atoms with Crippen molar-refractivity contribution in [1.29, 1.82) is 0 Å². The molecule has 0 amide bonds. The van der Waals surface area contributed by atoms with Crippen LogP contribution in [0.15, 0.2) is 60.2 Å². The average Bonchev–Trinajstić information content (AvgIpc) is 2.54. The highest BCUT2D eigenvalue weighted by Gasteiger charge is 2.25. The van der Waals surface area contributed by atoms with Crippen LogP contribution in [0.2, 0.25) is 0 Å². The molecule has 0 radical (unpaired) electrons. The number of nitrogens with zero attached hydrogens (tertiary/aromatic N) is 2. The third-order valence-corrected chi connectivity index (χ3v) is 3.81. The molecule has 2 aromatic rings. The molecule has 1 aliphatic rings. The average molecular weight is 290 g/mol. The standard InChI is InChI=1S/C19H18N2O/c1-14-10-17(12-15-2-6-20-7-3-15)19(22)18(11-14)13-16-4-8-21-9-5-16/h2-9,12-14H,10-11H2,1H3/b17-12+,18-13+. The van der Waals surface area contributed by atoms with Crippen molar-refractivity contribution in [3.63, 3.8) is 0 Å². The molecule has 0 unspecified atom stereocenters. The summed E-state index contributed by atoms with van der Waals surface area (Å²) in [6.45, 7) is 2.19. The SMILES string of the molecule is CC1C/C(=C\c2ccncc2)C(=O)/C(=C/c2ccncc2)C1. The molecule has 0 atom stereocenters. The number of aromatic nitrogens is 2. The van der Waals surface area contributed by atoms with Crippen molar-refractivity contribution in [2.24, 2.45) is 5.92 Å². The number of allylic oxidation sites excluding steroid dienone is 2. The van der Waals surface area contributed by atoms with Gasteiger partial charge < -0.3 is 0 Å². The largest absolute Gasteiger partial charge is 0.289 e. The van der Waals surface area contributed by atoms with Crippen LogP contribution >= 0.6 is 0 Å². The summed E-state index contributed by atoms with van der Waals surface area (Å²) >= 11 is 0. The van der Waals surface area contributed by atoms with Crippen molar-refractivity contribution in [1.82, 2.24) is 9.97 Å². The van der Waals surface area contributed by atoms with Gasteiger partial charge in [-0.3, -0.25) is 14.8 Å². The fourth-order valence-electron chi connectivity index (χ4n) is 2.79. The summed E-state index contributed by atoms with van der Waals surface area (Å²) in [4.78, 5) is 20.7. The number of ketones is 1. The molecule has 0 aromatic carbocycles. The van der Waals surface area contributed by atoms with Gasteiger partial charge in [-0.2, -0.15) is 0 Å². The Morgan fingerprint density at radius 2 is 1.27 bits per heavy atom. The molecule has 3 rings (SSSR count). The molecule has 3 heteroatoms. The van der Waals surface area contributed by atoms with E-state index in [-0.39, 0.29) is 5.78 Å². The third kappa shape index (κ3) is 3.37. The summed E-state index contributed by atoms with van der Waals surface area (Å²) in [5, 5.41) is 0. The fourth-order valence-corrected chi connectivity index (χ4v) is 2.79. The van der Waals surface area contributed by atoms with Crippen LogP contribution in [0.1, 0.15) is 30.9 Å². The van der Waals surface area contributed by atoms with Crippen LogP contribution < -0.4 is 0 Å². The van der Waals surface area contributed by atoms with E-state index in [2.05, 4.69) is 16.9 Å². The molecule has 0 bridgehead atoms. The van der Waals surface area contributed by atoms with E-state index in [4.69, 9.17) is 0 Å². The van der Waals surface area contributed by atoms with Gasteiger partial charge >= 0.3 is 0 Å². The minimum Gasteiger partial charge on any atom is -0.289 e. The van der Waals surface area contributed by atoms with Crippen molar-refractivity contribution in [3.05, 3.63) is 71.3 Å². The van der Waals surface area contributed by atoms with E-state index in [0.29, 0.717) is 5.92 Å². The lowest BCUT2D eigenvalue weighted by molar-refractivity contribution is -0.113. The highest BCUT2D eigenvalue weighted by Crippen LogP contribution is 2.31. The van der Waals surface area contributed by atoms with Crippen molar-refractivity contribution in [2.45, 2.75) is 19.8 Å². The second-order valence-corrected chi connectivity index (χ2v) is 5.74. The Morgan fingerprint density at radius 1 is 0.864 bits per heavy atom. The van der Waals surface area contributed by atoms with E-state index in [0.717, 1.165) is 35.1 Å². The quantitative estimate of drug-likeness (QED) is 0.787. The highest BCUT2D eigenvalue weighted by atomic mass is 16.1. The second-order valence-electron chi connectivity index (χ2n) is 5.74. The molecule has 110 valence electrons. The first-order valence-corrected chi connectivity index (χ1v) is 7.48. The van der Waals surface area contributed by atoms with Gasteiger partial charge in [0, 0.05) is 35.9 Å². The maximum absolute atomic E-state index is 12.7. The first kappa shape index (κ1) is 14.4. The molecule has 0 spiro atoms. The second kappa shape index (κ2) is 6.48. The van der Waals surface area contributed by atoms with Crippen LogP contribution in [-0.2, 0) is 4.79 Å². The van der Waals surface area contributed by atoms with Crippen molar-refractivity contribution in [2.75, 3.05) is 0 Å². The van der Waals surface area contributed by atoms with Crippen LogP contribution in [-0.4, -0.2) is 15.8 Å². The van der Waals surface area contributed by atoms with E-state index in [1.165, 1.54) is 0 Å². The van der Waals surface area contributed by atoms with Gasteiger partial charge in [0.15, 0.2) is 5.78 Å². The number of rotatable bonds is 2. The monoisotopic (exact) mass is 290 g/mol. The topological polar surface area (TPSA) is 42.9 Å². The van der Waals surface area contributed by atoms with E-state index in [1.807, 2.05) is 36.4 Å². The van der Waals surface area contributed by atoms with Gasteiger partial charge in [-0.15, -0.1) is 0 Å². The molecule has 2 aromatic heterocycles. The maximum atomic E-state index is 12.7. The number of carbonyl (C=O) groups is 1. The Balaban J connectivity index is 1.92. The van der Waals surface area contributed by atoms with Gasteiger partial charge in [0.25, 0.3) is 0 Å². The Bertz CT molecular complexity index is 656. The third-order valence-electron chi connectivity index (χ3n) is 3.81. The lowest BCUT2D eigenvalue weighted by Crippen LogP contribution is -2.18. The molecule has 2 heterocycles. The Kier molecular flexibility index (Phi) is 4.24. The summed E-state index contributed by atoms with van der Waals surface area (Å²) < 4.78 is 0. The Labute approximate surface area is 130 Å². The normalized spacial score (nSPS) is 22.2. The van der Waals surface area contributed by atoms with Crippen LogP contribution in [0.3, 0.4) is 0 Å². The van der Waals surface area contributed by atoms with Gasteiger partial charge in [0.1, 0.15) is 0 Å². The Morgan fingerprint density at radius 3 is 1.68 bits per heavy atom. The number of hydrogen-bond acceptors (Lipinski definition) is 3. The highest BCUT2D eigenvalue weighted by molar-refractivity contribution is 6.14. The lowest BCUT2D eigenvalue weighted by atomic mass is 9.81. The zero-order chi connectivity index (χ0) is 15.4. The van der Waals surface area contributed by atoms with Gasteiger partial charge in [-0.1, -0.05) is 6.92 Å². The van der Waals surface area contributed by atoms with E-state index >= 15 is 0 Å². The molecule has 0 aliphatic heterocycles. The molecule has 1 saturated carbocycles. The van der Waals surface area contributed by atoms with Gasteiger partial charge in [0.2, 0.25) is 0 Å². The predicted octanol–water partition coefficient (Wildman–Crippen LogP) is 3.94. The van der Waals surface area contributed by atoms with E-state index < -0.39 is 0 Å². The van der Waals surface area contributed by atoms with Gasteiger partial charge in [0.05, 0.1) is 0 Å².